The fourth-order valence-electron chi connectivity index (χ4n) is 1.31. The van der Waals surface area contributed by atoms with E-state index in [1.807, 2.05) is 24.3 Å². The van der Waals surface area contributed by atoms with Crippen LogP contribution in [0.15, 0.2) is 24.3 Å². The molecule has 0 unspecified atom stereocenters. The molecule has 14 heavy (non-hydrogen) atoms. The second-order valence-corrected chi connectivity index (χ2v) is 3.30. The molecule has 0 spiro atoms. The summed E-state index contributed by atoms with van der Waals surface area (Å²) in [5.41, 5.74) is 7.82. The van der Waals surface area contributed by atoms with Crippen LogP contribution in [0.4, 0.5) is 0 Å². The molecule has 0 aromatic heterocycles. The van der Waals surface area contributed by atoms with E-state index < -0.39 is 12.0 Å². The van der Waals surface area contributed by atoms with Gasteiger partial charge < -0.3 is 10.8 Å². The summed E-state index contributed by atoms with van der Waals surface area (Å²) in [5, 5.41) is 8.57. The van der Waals surface area contributed by atoms with E-state index in [0.717, 1.165) is 12.0 Å². The summed E-state index contributed by atoms with van der Waals surface area (Å²) in [4.78, 5) is 10.4. The van der Waals surface area contributed by atoms with Crippen molar-refractivity contribution in [1.29, 1.82) is 0 Å². The molecular weight excluding hydrogens is 178 g/mol. The van der Waals surface area contributed by atoms with Crippen molar-refractivity contribution in [2.24, 2.45) is 5.73 Å². The zero-order valence-corrected chi connectivity index (χ0v) is 8.23. The largest absolute Gasteiger partial charge is 0.481 e. The van der Waals surface area contributed by atoms with E-state index in [1.165, 1.54) is 5.56 Å². The highest BCUT2D eigenvalue weighted by Gasteiger charge is 2.09. The molecular formula is C11H15NO2. The van der Waals surface area contributed by atoms with Gasteiger partial charge in [0.25, 0.3) is 0 Å². The average molecular weight is 193 g/mol. The molecule has 0 radical (unpaired) electrons. The van der Waals surface area contributed by atoms with Crippen molar-refractivity contribution in [1.82, 2.24) is 0 Å². The van der Waals surface area contributed by atoms with Crippen molar-refractivity contribution in [2.75, 3.05) is 0 Å². The predicted molar refractivity (Wildman–Crippen MR) is 55.0 cm³/mol. The standard InChI is InChI=1S/C11H15NO2/c1-2-8-3-5-9(6-4-8)10(12)7-11(13)14/h3-6,10H,2,7,12H2,1H3,(H,13,14)/t10-/m1/s1. The molecule has 0 saturated carbocycles. The van der Waals surface area contributed by atoms with E-state index in [1.54, 1.807) is 0 Å². The number of carboxylic acid groups (broad SMARTS) is 1. The molecule has 3 heteroatoms. The van der Waals surface area contributed by atoms with Gasteiger partial charge >= 0.3 is 5.97 Å². The number of nitrogens with two attached hydrogens (primary N) is 1. The summed E-state index contributed by atoms with van der Waals surface area (Å²) in [6.07, 6.45) is 0.958. The van der Waals surface area contributed by atoms with Crippen molar-refractivity contribution >= 4 is 5.97 Å². The minimum Gasteiger partial charge on any atom is -0.481 e. The van der Waals surface area contributed by atoms with Crippen LogP contribution in [0.2, 0.25) is 0 Å². The molecule has 1 aromatic carbocycles. The zero-order valence-electron chi connectivity index (χ0n) is 8.23. The van der Waals surface area contributed by atoms with Crippen LogP contribution in [0.1, 0.15) is 30.5 Å². The van der Waals surface area contributed by atoms with Gasteiger partial charge in [0.1, 0.15) is 0 Å². The van der Waals surface area contributed by atoms with Crippen LogP contribution in [-0.4, -0.2) is 11.1 Å². The van der Waals surface area contributed by atoms with Gasteiger partial charge in [0.05, 0.1) is 6.42 Å². The molecule has 3 N–H and O–H groups in total. The van der Waals surface area contributed by atoms with Crippen LogP contribution in [-0.2, 0) is 11.2 Å². The molecule has 1 aromatic rings. The minimum absolute atomic E-state index is 0.0223. The number of aliphatic carboxylic acids is 1. The topological polar surface area (TPSA) is 63.3 Å². The molecule has 0 bridgehead atoms. The minimum atomic E-state index is -0.864. The lowest BCUT2D eigenvalue weighted by molar-refractivity contribution is -0.137. The number of hydrogen-bond donors (Lipinski definition) is 2. The lowest BCUT2D eigenvalue weighted by atomic mass is 10.0. The Morgan fingerprint density at radius 3 is 2.43 bits per heavy atom. The van der Waals surface area contributed by atoms with Crippen LogP contribution in [0.3, 0.4) is 0 Å². The van der Waals surface area contributed by atoms with E-state index in [4.69, 9.17) is 10.8 Å². The maximum atomic E-state index is 10.4. The maximum Gasteiger partial charge on any atom is 0.305 e. The Balaban J connectivity index is 2.71. The highest BCUT2D eigenvalue weighted by molar-refractivity contribution is 5.67. The first kappa shape index (κ1) is 10.7. The lowest BCUT2D eigenvalue weighted by Gasteiger charge is -2.09. The Kier molecular flexibility index (Phi) is 3.65. The molecule has 76 valence electrons. The number of aryl methyl sites for hydroxylation is 1. The Bertz CT molecular complexity index is 306. The normalized spacial score (nSPS) is 12.4. The third-order valence-corrected chi connectivity index (χ3v) is 2.21. The van der Waals surface area contributed by atoms with E-state index in [2.05, 4.69) is 6.92 Å². The first-order valence-corrected chi connectivity index (χ1v) is 4.69. The van der Waals surface area contributed by atoms with Crippen LogP contribution in [0, 0.1) is 0 Å². The summed E-state index contributed by atoms with van der Waals surface area (Å²) in [6, 6.07) is 7.35. The smallest absolute Gasteiger partial charge is 0.305 e. The Morgan fingerprint density at radius 1 is 1.43 bits per heavy atom. The monoisotopic (exact) mass is 193 g/mol. The van der Waals surface area contributed by atoms with Gasteiger partial charge in [-0.2, -0.15) is 0 Å². The van der Waals surface area contributed by atoms with E-state index in [-0.39, 0.29) is 6.42 Å². The van der Waals surface area contributed by atoms with Gasteiger partial charge in [0.15, 0.2) is 0 Å². The molecule has 0 aliphatic heterocycles. The highest BCUT2D eigenvalue weighted by atomic mass is 16.4. The maximum absolute atomic E-state index is 10.4. The van der Waals surface area contributed by atoms with E-state index in [9.17, 15) is 4.79 Å². The fraction of sp³-hybridized carbons (Fsp3) is 0.364. The summed E-state index contributed by atoms with van der Waals surface area (Å²) in [6.45, 7) is 2.08. The first-order chi connectivity index (χ1) is 6.63. The lowest BCUT2D eigenvalue weighted by Crippen LogP contribution is -2.14. The van der Waals surface area contributed by atoms with Crippen molar-refractivity contribution in [2.45, 2.75) is 25.8 Å². The highest BCUT2D eigenvalue weighted by Crippen LogP contribution is 2.14. The molecule has 1 atom stereocenters. The molecule has 3 nitrogen and oxygen atoms in total. The van der Waals surface area contributed by atoms with Crippen molar-refractivity contribution < 1.29 is 9.90 Å². The SMILES string of the molecule is CCc1ccc([C@H](N)CC(=O)O)cc1. The third-order valence-electron chi connectivity index (χ3n) is 2.21. The van der Waals surface area contributed by atoms with Crippen LogP contribution in [0.25, 0.3) is 0 Å². The van der Waals surface area contributed by atoms with Gasteiger partial charge in [-0.05, 0) is 17.5 Å². The van der Waals surface area contributed by atoms with Crippen molar-refractivity contribution in [3.05, 3.63) is 35.4 Å². The molecule has 0 fully saturated rings. The number of benzene rings is 1. The summed E-state index contributed by atoms with van der Waals surface area (Å²) in [5.74, 6) is -0.864. The quantitative estimate of drug-likeness (QED) is 0.765. The molecule has 0 aliphatic rings. The molecule has 1 rings (SSSR count). The van der Waals surface area contributed by atoms with Gasteiger partial charge in [-0.15, -0.1) is 0 Å². The van der Waals surface area contributed by atoms with E-state index in [0.29, 0.717) is 0 Å². The Hall–Kier alpha value is -1.35. The number of carbonyl (C=O) groups is 1. The average Bonchev–Trinajstić information content (AvgIpc) is 2.17. The number of rotatable bonds is 4. The van der Waals surface area contributed by atoms with Crippen molar-refractivity contribution in [3.63, 3.8) is 0 Å². The predicted octanol–water partition coefficient (Wildman–Crippen LogP) is 1.72. The molecule has 0 saturated heterocycles. The van der Waals surface area contributed by atoms with Gasteiger partial charge in [-0.25, -0.2) is 0 Å². The number of carboxylic acids is 1. The van der Waals surface area contributed by atoms with Crippen LogP contribution in [0.5, 0.6) is 0 Å². The van der Waals surface area contributed by atoms with Crippen LogP contribution < -0.4 is 5.73 Å². The van der Waals surface area contributed by atoms with Gasteiger partial charge in [0, 0.05) is 6.04 Å². The number of hydrogen-bond acceptors (Lipinski definition) is 2. The third kappa shape index (κ3) is 2.85. The summed E-state index contributed by atoms with van der Waals surface area (Å²) >= 11 is 0. The first-order valence-electron chi connectivity index (χ1n) is 4.69. The molecule has 0 amide bonds. The van der Waals surface area contributed by atoms with Gasteiger partial charge in [-0.1, -0.05) is 31.2 Å². The summed E-state index contributed by atoms with van der Waals surface area (Å²) < 4.78 is 0. The second kappa shape index (κ2) is 4.77. The molecule has 0 aliphatic carbocycles. The Morgan fingerprint density at radius 2 is 2.00 bits per heavy atom. The van der Waals surface area contributed by atoms with E-state index >= 15 is 0 Å². The van der Waals surface area contributed by atoms with Gasteiger partial charge in [-0.3, -0.25) is 4.79 Å². The second-order valence-electron chi connectivity index (χ2n) is 3.30. The fourth-order valence-corrected chi connectivity index (χ4v) is 1.31. The van der Waals surface area contributed by atoms with Crippen molar-refractivity contribution in [3.8, 4) is 0 Å². The van der Waals surface area contributed by atoms with Gasteiger partial charge in [0.2, 0.25) is 0 Å². The van der Waals surface area contributed by atoms with Crippen LogP contribution >= 0.6 is 0 Å². The summed E-state index contributed by atoms with van der Waals surface area (Å²) in [7, 11) is 0. The Labute approximate surface area is 83.6 Å². The molecule has 0 heterocycles. The zero-order chi connectivity index (χ0) is 10.6.